The van der Waals surface area contributed by atoms with Crippen LogP contribution in [-0.4, -0.2) is 54.0 Å². The van der Waals surface area contributed by atoms with E-state index in [9.17, 15) is 4.79 Å². The highest BCUT2D eigenvalue weighted by atomic mass is 32.1. The number of carboxylic acid groups (broad SMARTS) is 1. The quantitative estimate of drug-likeness (QED) is 0.0772. The van der Waals surface area contributed by atoms with Crippen molar-refractivity contribution in [3.8, 4) is 0 Å². The van der Waals surface area contributed by atoms with Crippen LogP contribution in [0.5, 0.6) is 0 Å². The van der Waals surface area contributed by atoms with Crippen LogP contribution in [0, 0.1) is 0 Å². The van der Waals surface area contributed by atoms with E-state index in [-0.39, 0.29) is 12.5 Å². The molecule has 0 aliphatic heterocycles. The predicted molar refractivity (Wildman–Crippen MR) is 164 cm³/mol. The van der Waals surface area contributed by atoms with Crippen LogP contribution in [0.15, 0.2) is 30.3 Å². The third-order valence-electron chi connectivity index (χ3n) is 7.28. The van der Waals surface area contributed by atoms with Gasteiger partial charge in [0.25, 0.3) is 5.17 Å². The second-order valence-electron chi connectivity index (χ2n) is 11.6. The summed E-state index contributed by atoms with van der Waals surface area (Å²) < 4.78 is 6.97. The summed E-state index contributed by atoms with van der Waals surface area (Å²) >= 11 is 5.53. The summed E-state index contributed by atoms with van der Waals surface area (Å²) in [5.74, 6) is -0.730. The van der Waals surface area contributed by atoms with Crippen molar-refractivity contribution in [2.24, 2.45) is 0 Å². The minimum Gasteiger partial charge on any atom is -0.481 e. The van der Waals surface area contributed by atoms with Gasteiger partial charge in [-0.15, -0.1) is 0 Å². The van der Waals surface area contributed by atoms with Gasteiger partial charge in [-0.05, 0) is 30.6 Å². The predicted octanol–water partition coefficient (Wildman–Crippen LogP) is 8.26. The number of thiocarbonyl (C=S) groups is 1. The smallest absolute Gasteiger partial charge is 0.303 e. The summed E-state index contributed by atoms with van der Waals surface area (Å²) in [6.45, 7) is 4.57. The van der Waals surface area contributed by atoms with E-state index in [1.54, 1.807) is 0 Å². The normalized spacial score (nSPS) is 12.3. The van der Waals surface area contributed by atoms with E-state index in [1.165, 1.54) is 89.0 Å². The Kier molecular flexibility index (Phi) is 20.1. The number of quaternary nitrogens is 1. The van der Waals surface area contributed by atoms with Crippen LogP contribution in [0.4, 0.5) is 0 Å². The van der Waals surface area contributed by atoms with E-state index in [0.29, 0.717) is 18.1 Å². The van der Waals surface area contributed by atoms with Gasteiger partial charge in [0.15, 0.2) is 0 Å². The topological polar surface area (TPSA) is 58.6 Å². The van der Waals surface area contributed by atoms with Crippen LogP contribution in [0.3, 0.4) is 0 Å². The summed E-state index contributed by atoms with van der Waals surface area (Å²) in [5, 5.41) is 12.7. The second-order valence-corrected chi connectivity index (χ2v) is 12.0. The maximum Gasteiger partial charge on any atom is 0.303 e. The number of hydrogen-bond donors (Lipinski definition) is 2. The van der Waals surface area contributed by atoms with Gasteiger partial charge in [-0.25, -0.2) is 0 Å². The highest BCUT2D eigenvalue weighted by Gasteiger charge is 2.24. The Labute approximate surface area is 239 Å². The van der Waals surface area contributed by atoms with Crippen LogP contribution in [0.1, 0.15) is 122 Å². The number of ether oxygens (including phenoxy) is 1. The van der Waals surface area contributed by atoms with Gasteiger partial charge in [0, 0.05) is 13.0 Å². The fraction of sp³-hybridized carbons (Fsp3) is 0.750. The summed E-state index contributed by atoms with van der Waals surface area (Å²) in [6, 6.07) is 10.2. The summed E-state index contributed by atoms with van der Waals surface area (Å²) in [6.07, 6.45) is 20.8. The first kappa shape index (κ1) is 34.4. The first-order valence-electron chi connectivity index (χ1n) is 15.3. The number of aliphatic carboxylic acids is 1. The Morgan fingerprint density at radius 2 is 1.39 bits per heavy atom. The van der Waals surface area contributed by atoms with Gasteiger partial charge in [-0.1, -0.05) is 121 Å². The molecule has 0 saturated heterocycles. The molecule has 0 aromatic heterocycles. The molecule has 1 aromatic rings. The van der Waals surface area contributed by atoms with E-state index in [1.807, 2.05) is 18.2 Å². The molecule has 218 valence electrons. The van der Waals surface area contributed by atoms with E-state index < -0.39 is 5.97 Å². The molecule has 0 aliphatic carbocycles. The molecule has 0 fully saturated rings. The number of likely N-dealkylation sites (N-methyl/N-ethyl adjacent to an activating group) is 1. The molecule has 1 aromatic carbocycles. The highest BCUT2D eigenvalue weighted by Crippen LogP contribution is 2.16. The van der Waals surface area contributed by atoms with Gasteiger partial charge in [0.2, 0.25) is 0 Å². The molecule has 38 heavy (non-hydrogen) atoms. The van der Waals surface area contributed by atoms with Crippen LogP contribution < -0.4 is 5.32 Å². The van der Waals surface area contributed by atoms with E-state index >= 15 is 0 Å². The summed E-state index contributed by atoms with van der Waals surface area (Å²) in [5.41, 5.74) is 1.17. The molecule has 0 aliphatic rings. The highest BCUT2D eigenvalue weighted by molar-refractivity contribution is 7.80. The standard InChI is InChI=1S/C32H56N2O3S/c1-4-5-6-7-8-9-10-11-12-13-14-15-16-20-24-30(28-34(2,3)26-21-25-31(35)36)37-32(38)33-27-29-22-18-17-19-23-29/h17-19,22-23,30H,4-16,20-21,24-28H2,1-3H3,(H-,33,35,36,38)/p+1. The van der Waals surface area contributed by atoms with Gasteiger partial charge in [0.1, 0.15) is 12.6 Å². The van der Waals surface area contributed by atoms with Gasteiger partial charge in [-0.2, -0.15) is 0 Å². The van der Waals surface area contributed by atoms with Crippen molar-refractivity contribution >= 4 is 23.4 Å². The lowest BCUT2D eigenvalue weighted by atomic mass is 10.0. The molecule has 0 amide bonds. The van der Waals surface area contributed by atoms with Crippen molar-refractivity contribution in [1.29, 1.82) is 0 Å². The maximum absolute atomic E-state index is 10.9. The number of carbonyl (C=O) groups is 1. The van der Waals surface area contributed by atoms with Crippen molar-refractivity contribution in [1.82, 2.24) is 5.32 Å². The van der Waals surface area contributed by atoms with Crippen LogP contribution in [0.2, 0.25) is 0 Å². The third kappa shape index (κ3) is 20.3. The van der Waals surface area contributed by atoms with Gasteiger partial charge >= 0.3 is 5.97 Å². The fourth-order valence-corrected chi connectivity index (χ4v) is 5.23. The van der Waals surface area contributed by atoms with Crippen molar-refractivity contribution < 1.29 is 19.1 Å². The molecule has 1 unspecified atom stereocenters. The number of benzene rings is 1. The number of rotatable bonds is 24. The van der Waals surface area contributed by atoms with Crippen molar-refractivity contribution in [2.75, 3.05) is 27.2 Å². The van der Waals surface area contributed by atoms with Crippen molar-refractivity contribution in [3.63, 3.8) is 0 Å². The monoisotopic (exact) mass is 549 g/mol. The molecule has 0 saturated carbocycles. The Balaban J connectivity index is 2.30. The van der Waals surface area contributed by atoms with Crippen LogP contribution in [-0.2, 0) is 16.1 Å². The number of hydrogen-bond acceptors (Lipinski definition) is 3. The molecule has 0 heterocycles. The summed E-state index contributed by atoms with van der Waals surface area (Å²) in [7, 11) is 4.31. The fourth-order valence-electron chi connectivity index (χ4n) is 5.02. The first-order chi connectivity index (χ1) is 18.3. The van der Waals surface area contributed by atoms with E-state index in [4.69, 9.17) is 22.1 Å². The Morgan fingerprint density at radius 1 is 0.868 bits per heavy atom. The van der Waals surface area contributed by atoms with Crippen LogP contribution >= 0.6 is 12.2 Å². The lowest BCUT2D eigenvalue weighted by Crippen LogP contribution is -2.47. The minimum atomic E-state index is -0.730. The zero-order valence-corrected chi connectivity index (χ0v) is 25.5. The molecular formula is C32H57N2O3S+. The number of nitrogens with one attached hydrogen (secondary N) is 1. The number of nitrogens with zero attached hydrogens (tertiary/aromatic N) is 1. The van der Waals surface area contributed by atoms with Gasteiger partial charge in [-0.3, -0.25) is 4.79 Å². The largest absolute Gasteiger partial charge is 0.481 e. The molecular weight excluding hydrogens is 492 g/mol. The zero-order chi connectivity index (χ0) is 27.9. The van der Waals surface area contributed by atoms with E-state index in [0.717, 1.165) is 30.4 Å². The van der Waals surface area contributed by atoms with Crippen molar-refractivity contribution in [3.05, 3.63) is 35.9 Å². The number of carboxylic acids is 1. The molecule has 0 radical (unpaired) electrons. The third-order valence-corrected chi connectivity index (χ3v) is 7.53. The van der Waals surface area contributed by atoms with Gasteiger partial charge < -0.3 is 19.6 Å². The molecule has 1 rings (SSSR count). The molecule has 0 bridgehead atoms. The van der Waals surface area contributed by atoms with Gasteiger partial charge in [0.05, 0.1) is 27.1 Å². The average molecular weight is 550 g/mol. The zero-order valence-electron chi connectivity index (χ0n) is 24.7. The van der Waals surface area contributed by atoms with Crippen LogP contribution in [0.25, 0.3) is 0 Å². The first-order valence-corrected chi connectivity index (χ1v) is 15.8. The lowest BCUT2D eigenvalue weighted by Gasteiger charge is -2.33. The maximum atomic E-state index is 10.9. The molecule has 1 atom stereocenters. The molecule has 0 spiro atoms. The summed E-state index contributed by atoms with van der Waals surface area (Å²) in [4.78, 5) is 10.9. The second kappa shape index (κ2) is 22.2. The Hall–Kier alpha value is -1.66. The Bertz CT molecular complexity index is 727. The van der Waals surface area contributed by atoms with E-state index in [2.05, 4.69) is 38.5 Å². The van der Waals surface area contributed by atoms with Crippen molar-refractivity contribution in [2.45, 2.75) is 129 Å². The molecule has 2 N–H and O–H groups in total. The Morgan fingerprint density at radius 3 is 1.92 bits per heavy atom. The lowest BCUT2D eigenvalue weighted by molar-refractivity contribution is -0.893. The number of unbranched alkanes of at least 4 members (excludes halogenated alkanes) is 13. The molecule has 6 heteroatoms. The SMILES string of the molecule is CCCCCCCCCCCCCCCCC(C[N+](C)(C)CCCC(=O)O)OC(=S)NCc1ccccc1. The molecule has 5 nitrogen and oxygen atoms in total. The average Bonchev–Trinajstić information content (AvgIpc) is 2.87. The minimum absolute atomic E-state index is 0.0305.